The van der Waals surface area contributed by atoms with Crippen molar-refractivity contribution in [1.82, 2.24) is 4.98 Å². The number of aromatic nitrogens is 1. The lowest BCUT2D eigenvalue weighted by atomic mass is 10.1. The van der Waals surface area contributed by atoms with Gasteiger partial charge in [-0.15, -0.1) is 0 Å². The highest BCUT2D eigenvalue weighted by molar-refractivity contribution is 6.07. The molecule has 0 atom stereocenters. The highest BCUT2D eigenvalue weighted by Gasteiger charge is 2.23. The molecule has 2 aromatic rings. The molecule has 0 saturated carbocycles. The number of likely N-dealkylation sites (N-methyl/N-ethyl adjacent to an activating group) is 1. The second-order valence-electron chi connectivity index (χ2n) is 5.83. The van der Waals surface area contributed by atoms with Crippen LogP contribution in [0.25, 0.3) is 0 Å². The number of carbonyl (C=O) groups is 2. The van der Waals surface area contributed by atoms with Crippen LogP contribution in [0.4, 0.5) is 17.2 Å². The van der Waals surface area contributed by atoms with Crippen LogP contribution in [-0.2, 0) is 22.7 Å². The zero-order valence-electron chi connectivity index (χ0n) is 13.1. The topological polar surface area (TPSA) is 83.6 Å². The van der Waals surface area contributed by atoms with E-state index in [1.807, 2.05) is 18.2 Å². The Bertz CT molecular complexity index is 850. The summed E-state index contributed by atoms with van der Waals surface area (Å²) in [6.45, 7) is 1.39. The van der Waals surface area contributed by atoms with Crippen molar-refractivity contribution in [3.05, 3.63) is 47.2 Å². The molecule has 7 nitrogen and oxygen atoms in total. The van der Waals surface area contributed by atoms with E-state index in [1.165, 1.54) is 11.1 Å². The van der Waals surface area contributed by atoms with Crippen molar-refractivity contribution in [2.24, 2.45) is 0 Å². The largest absolute Gasteiger partial charge is 0.372 e. The lowest BCUT2D eigenvalue weighted by Gasteiger charge is -2.26. The number of pyridine rings is 1. The first-order valence-electron chi connectivity index (χ1n) is 7.63. The Morgan fingerprint density at radius 2 is 2.12 bits per heavy atom. The van der Waals surface area contributed by atoms with Gasteiger partial charge in [-0.1, -0.05) is 6.07 Å². The summed E-state index contributed by atoms with van der Waals surface area (Å²) in [5, 5.41) is 5.80. The van der Waals surface area contributed by atoms with Crippen molar-refractivity contribution < 1.29 is 14.3 Å². The average Bonchev–Trinajstić information content (AvgIpc) is 3.05. The predicted molar refractivity (Wildman–Crippen MR) is 89.0 cm³/mol. The zero-order chi connectivity index (χ0) is 16.7. The van der Waals surface area contributed by atoms with Crippen molar-refractivity contribution in [2.45, 2.75) is 13.2 Å². The molecule has 7 heteroatoms. The van der Waals surface area contributed by atoms with Gasteiger partial charge in [-0.2, -0.15) is 0 Å². The molecule has 0 unspecified atom stereocenters. The van der Waals surface area contributed by atoms with Gasteiger partial charge in [-0.25, -0.2) is 4.98 Å². The van der Waals surface area contributed by atoms with Crippen LogP contribution in [0.3, 0.4) is 0 Å². The molecular weight excluding hydrogens is 308 g/mol. The summed E-state index contributed by atoms with van der Waals surface area (Å²) >= 11 is 0. The molecule has 1 aromatic carbocycles. The second kappa shape index (κ2) is 5.61. The zero-order valence-corrected chi connectivity index (χ0v) is 13.1. The normalized spacial score (nSPS) is 15.5. The number of hydrogen-bond acceptors (Lipinski definition) is 5. The lowest BCUT2D eigenvalue weighted by molar-refractivity contribution is -0.116. The quantitative estimate of drug-likeness (QED) is 0.879. The van der Waals surface area contributed by atoms with E-state index >= 15 is 0 Å². The Morgan fingerprint density at radius 1 is 1.29 bits per heavy atom. The molecule has 1 aromatic heterocycles. The van der Waals surface area contributed by atoms with Crippen molar-refractivity contribution in [3.8, 4) is 0 Å². The van der Waals surface area contributed by atoms with E-state index in [4.69, 9.17) is 4.74 Å². The predicted octanol–water partition coefficient (Wildman–Crippen LogP) is 1.75. The summed E-state index contributed by atoms with van der Waals surface area (Å²) in [7, 11) is 1.67. The molecular formula is C17H16N4O3. The smallest absolute Gasteiger partial charge is 0.257 e. The number of rotatable bonds is 2. The molecule has 3 heterocycles. The third kappa shape index (κ3) is 2.48. The van der Waals surface area contributed by atoms with Gasteiger partial charge in [0.15, 0.2) is 0 Å². The fourth-order valence-corrected chi connectivity index (χ4v) is 2.83. The van der Waals surface area contributed by atoms with Gasteiger partial charge in [0.2, 0.25) is 5.91 Å². The Morgan fingerprint density at radius 3 is 3.00 bits per heavy atom. The molecule has 0 spiro atoms. The van der Waals surface area contributed by atoms with E-state index in [9.17, 15) is 9.59 Å². The number of nitrogens with one attached hydrogen (secondary N) is 2. The molecule has 0 fully saturated rings. The molecule has 122 valence electrons. The maximum Gasteiger partial charge on any atom is 0.257 e. The van der Waals surface area contributed by atoms with E-state index in [2.05, 4.69) is 15.6 Å². The van der Waals surface area contributed by atoms with Crippen molar-refractivity contribution in [2.75, 3.05) is 29.1 Å². The van der Waals surface area contributed by atoms with Crippen LogP contribution in [0.2, 0.25) is 0 Å². The van der Waals surface area contributed by atoms with Gasteiger partial charge in [0, 0.05) is 18.9 Å². The second-order valence-corrected chi connectivity index (χ2v) is 5.83. The molecule has 2 amide bonds. The fourth-order valence-electron chi connectivity index (χ4n) is 2.83. The summed E-state index contributed by atoms with van der Waals surface area (Å²) in [6, 6.07) is 7.40. The number of amides is 2. The molecule has 2 aliphatic rings. The van der Waals surface area contributed by atoms with Gasteiger partial charge in [-0.3, -0.25) is 9.59 Å². The van der Waals surface area contributed by atoms with Gasteiger partial charge < -0.3 is 20.3 Å². The minimum atomic E-state index is -0.268. The molecule has 2 aliphatic heterocycles. The summed E-state index contributed by atoms with van der Waals surface area (Å²) in [6.07, 6.45) is 1.50. The Kier molecular flexibility index (Phi) is 3.42. The van der Waals surface area contributed by atoms with E-state index in [-0.39, 0.29) is 18.4 Å². The molecule has 0 radical (unpaired) electrons. The number of anilines is 3. The molecule has 24 heavy (non-hydrogen) atoms. The number of nitrogens with zero attached hydrogens (tertiary/aromatic N) is 2. The minimum Gasteiger partial charge on any atom is -0.372 e. The Hall–Kier alpha value is -2.93. The first-order valence-corrected chi connectivity index (χ1v) is 7.63. The SMILES string of the molecule is CN1C(=O)CNc2ncc(C(=O)Nc3ccc4c(c3)COC4)cc21. The maximum absolute atomic E-state index is 12.5. The number of benzene rings is 1. The standard InChI is InChI=1S/C17H16N4O3/c1-21-14-5-11(6-18-16(14)19-7-15(21)22)17(23)20-13-3-2-10-8-24-9-12(10)4-13/h2-6H,7-9H2,1H3,(H,18,19)(H,20,23). The van der Waals surface area contributed by atoms with Crippen molar-refractivity contribution in [1.29, 1.82) is 0 Å². The van der Waals surface area contributed by atoms with E-state index in [0.717, 1.165) is 11.1 Å². The van der Waals surface area contributed by atoms with Crippen LogP contribution in [0.15, 0.2) is 30.5 Å². The number of carbonyl (C=O) groups excluding carboxylic acids is 2. The van der Waals surface area contributed by atoms with Gasteiger partial charge in [0.25, 0.3) is 5.91 Å². The third-order valence-electron chi connectivity index (χ3n) is 4.25. The van der Waals surface area contributed by atoms with Crippen LogP contribution in [-0.4, -0.2) is 30.4 Å². The van der Waals surface area contributed by atoms with Gasteiger partial charge in [0.05, 0.1) is 31.0 Å². The minimum absolute atomic E-state index is 0.0690. The number of ether oxygens (including phenoxy) is 1. The Balaban J connectivity index is 1.58. The van der Waals surface area contributed by atoms with E-state index < -0.39 is 0 Å². The summed E-state index contributed by atoms with van der Waals surface area (Å²) in [5.74, 6) is 0.263. The van der Waals surface area contributed by atoms with E-state index in [0.29, 0.717) is 36.0 Å². The fraction of sp³-hybridized carbons (Fsp3) is 0.235. The molecule has 0 aliphatic carbocycles. The molecule has 4 rings (SSSR count). The number of hydrogen-bond donors (Lipinski definition) is 2. The van der Waals surface area contributed by atoms with Crippen LogP contribution in [0.1, 0.15) is 21.5 Å². The first-order chi connectivity index (χ1) is 11.6. The summed E-state index contributed by atoms with van der Waals surface area (Å²) in [4.78, 5) is 30.0. The van der Waals surface area contributed by atoms with Crippen molar-refractivity contribution >= 4 is 29.0 Å². The van der Waals surface area contributed by atoms with Gasteiger partial charge >= 0.3 is 0 Å². The molecule has 0 saturated heterocycles. The van der Waals surface area contributed by atoms with Gasteiger partial charge in [-0.05, 0) is 29.3 Å². The highest BCUT2D eigenvalue weighted by Crippen LogP contribution is 2.28. The molecule has 0 bridgehead atoms. The Labute approximate surface area is 138 Å². The number of fused-ring (bicyclic) bond motifs is 2. The third-order valence-corrected chi connectivity index (χ3v) is 4.25. The highest BCUT2D eigenvalue weighted by atomic mass is 16.5. The average molecular weight is 324 g/mol. The van der Waals surface area contributed by atoms with Crippen LogP contribution in [0, 0.1) is 0 Å². The van der Waals surface area contributed by atoms with Gasteiger partial charge in [0.1, 0.15) is 5.82 Å². The first kappa shape index (κ1) is 14.6. The van der Waals surface area contributed by atoms with Crippen molar-refractivity contribution in [3.63, 3.8) is 0 Å². The summed E-state index contributed by atoms with van der Waals surface area (Å²) < 4.78 is 5.38. The summed E-state index contributed by atoms with van der Waals surface area (Å²) in [5.41, 5.74) is 3.94. The monoisotopic (exact) mass is 324 g/mol. The molecule has 2 N–H and O–H groups in total. The maximum atomic E-state index is 12.5. The lowest BCUT2D eigenvalue weighted by Crippen LogP contribution is -2.37. The van der Waals surface area contributed by atoms with Crippen LogP contribution in [0.5, 0.6) is 0 Å². The van der Waals surface area contributed by atoms with E-state index in [1.54, 1.807) is 13.1 Å². The van der Waals surface area contributed by atoms with Crippen LogP contribution >= 0.6 is 0 Å². The van der Waals surface area contributed by atoms with Crippen LogP contribution < -0.4 is 15.5 Å².